The molecule has 0 aliphatic carbocycles. The molecule has 0 saturated carbocycles. The molecule has 0 radical (unpaired) electrons. The molecule has 0 fully saturated rings. The van der Waals surface area contributed by atoms with Gasteiger partial charge in [0.25, 0.3) is 0 Å². The summed E-state index contributed by atoms with van der Waals surface area (Å²) in [5.74, 6) is 1.13. The second-order valence-electron chi connectivity index (χ2n) is 6.64. The molecule has 30 heavy (non-hydrogen) atoms. The molecule has 0 amide bonds. The molecule has 3 N–H and O–H groups in total. The Morgan fingerprint density at radius 1 is 1.10 bits per heavy atom. The third-order valence-corrected chi connectivity index (χ3v) is 4.21. The Balaban J connectivity index is 0.00000450. The number of aromatic nitrogens is 3. The van der Waals surface area contributed by atoms with Crippen molar-refractivity contribution in [1.82, 2.24) is 25.4 Å². The number of guanidine groups is 1. The van der Waals surface area contributed by atoms with Crippen LogP contribution in [0.2, 0.25) is 0 Å². The summed E-state index contributed by atoms with van der Waals surface area (Å²) in [5, 5.41) is 13.9. The molecule has 0 unspecified atom stereocenters. The zero-order valence-corrected chi connectivity index (χ0v) is 19.7. The molecule has 0 spiro atoms. The molecular formula is C19H29F3IN7. The number of nitrogens with one attached hydrogen (secondary N) is 3. The van der Waals surface area contributed by atoms with Crippen molar-refractivity contribution in [3.63, 3.8) is 0 Å². The Morgan fingerprint density at radius 3 is 2.33 bits per heavy atom. The average Bonchev–Trinajstić information content (AvgIpc) is 3.00. The van der Waals surface area contributed by atoms with Crippen molar-refractivity contribution in [2.75, 3.05) is 32.0 Å². The molecule has 0 atom stereocenters. The molecule has 7 nitrogen and oxygen atoms in total. The van der Waals surface area contributed by atoms with Crippen LogP contribution in [0.3, 0.4) is 0 Å². The molecule has 168 valence electrons. The highest BCUT2D eigenvalue weighted by molar-refractivity contribution is 14.0. The molecule has 2 heterocycles. The number of nitrogens with zero attached hydrogens (tertiary/aromatic N) is 4. The summed E-state index contributed by atoms with van der Waals surface area (Å²) >= 11 is 0. The van der Waals surface area contributed by atoms with Crippen LogP contribution in [0.15, 0.2) is 29.4 Å². The topological polar surface area (TPSA) is 79.2 Å². The van der Waals surface area contributed by atoms with Crippen LogP contribution >= 0.6 is 24.0 Å². The highest BCUT2D eigenvalue weighted by Gasteiger charge is 2.30. The van der Waals surface area contributed by atoms with Crippen molar-refractivity contribution in [2.45, 2.75) is 39.4 Å². The fraction of sp³-hybridized carbons (Fsp3) is 0.526. The number of alkyl halides is 3. The summed E-state index contributed by atoms with van der Waals surface area (Å²) in [6.07, 6.45) is -1.86. The van der Waals surface area contributed by atoms with Crippen LogP contribution in [-0.2, 0) is 12.7 Å². The van der Waals surface area contributed by atoms with Crippen LogP contribution in [0.4, 0.5) is 19.0 Å². The molecule has 0 aliphatic rings. The summed E-state index contributed by atoms with van der Waals surface area (Å²) in [6.45, 7) is 6.89. The van der Waals surface area contributed by atoms with E-state index in [-0.39, 0.29) is 24.0 Å². The third-order valence-electron chi connectivity index (χ3n) is 4.21. The minimum absolute atomic E-state index is 0. The van der Waals surface area contributed by atoms with Gasteiger partial charge >= 0.3 is 6.18 Å². The number of hydrogen-bond acceptors (Lipinski definition) is 4. The Bertz CT molecular complexity index is 788. The largest absolute Gasteiger partial charge is 0.417 e. The molecule has 2 aromatic heterocycles. The van der Waals surface area contributed by atoms with Crippen LogP contribution in [0.25, 0.3) is 0 Å². The van der Waals surface area contributed by atoms with E-state index in [0.717, 1.165) is 49.6 Å². The summed E-state index contributed by atoms with van der Waals surface area (Å²) in [6, 6.07) is 4.41. The molecule has 0 saturated heterocycles. The van der Waals surface area contributed by atoms with E-state index in [2.05, 4.69) is 37.1 Å². The maximum Gasteiger partial charge on any atom is 0.417 e. The quantitative estimate of drug-likeness (QED) is 0.197. The van der Waals surface area contributed by atoms with Crippen LogP contribution in [-0.4, -0.2) is 47.4 Å². The van der Waals surface area contributed by atoms with Gasteiger partial charge in [-0.05, 0) is 44.9 Å². The van der Waals surface area contributed by atoms with Gasteiger partial charge in [0.1, 0.15) is 5.82 Å². The van der Waals surface area contributed by atoms with E-state index < -0.39 is 11.7 Å². The van der Waals surface area contributed by atoms with Crippen LogP contribution in [0.5, 0.6) is 0 Å². The lowest BCUT2D eigenvalue weighted by molar-refractivity contribution is -0.137. The average molecular weight is 539 g/mol. The fourth-order valence-corrected chi connectivity index (χ4v) is 2.74. The molecule has 0 aromatic carbocycles. The van der Waals surface area contributed by atoms with Gasteiger partial charge in [-0.15, -0.1) is 24.0 Å². The summed E-state index contributed by atoms with van der Waals surface area (Å²) < 4.78 is 39.5. The smallest absolute Gasteiger partial charge is 0.370 e. The first kappa shape index (κ1) is 26.0. The Hall–Kier alpha value is -2.05. The number of rotatable bonds is 9. The predicted octanol–water partition coefficient (Wildman–Crippen LogP) is 3.59. The number of pyridine rings is 1. The van der Waals surface area contributed by atoms with Crippen molar-refractivity contribution in [3.05, 3.63) is 41.3 Å². The summed E-state index contributed by atoms with van der Waals surface area (Å²) in [4.78, 5) is 7.96. The SMILES string of the molecule is CN=C(NCCCNc1ccc(C(F)(F)F)cn1)NCCCn1nc(C)cc1C.I. The van der Waals surface area contributed by atoms with Crippen molar-refractivity contribution in [2.24, 2.45) is 4.99 Å². The second kappa shape index (κ2) is 12.6. The first-order valence-corrected chi connectivity index (χ1v) is 9.52. The van der Waals surface area contributed by atoms with E-state index >= 15 is 0 Å². The Labute approximate surface area is 192 Å². The van der Waals surface area contributed by atoms with Crippen LogP contribution in [0, 0.1) is 13.8 Å². The van der Waals surface area contributed by atoms with Crippen molar-refractivity contribution in [1.29, 1.82) is 0 Å². The normalized spacial score (nSPS) is 11.7. The van der Waals surface area contributed by atoms with Gasteiger partial charge in [-0.3, -0.25) is 9.67 Å². The first-order chi connectivity index (χ1) is 13.8. The van der Waals surface area contributed by atoms with E-state index in [1.807, 2.05) is 18.5 Å². The van der Waals surface area contributed by atoms with E-state index in [1.54, 1.807) is 7.05 Å². The molecular weight excluding hydrogens is 510 g/mol. The summed E-state index contributed by atoms with van der Waals surface area (Å²) in [5.41, 5.74) is 1.42. The maximum absolute atomic E-state index is 12.5. The van der Waals surface area contributed by atoms with E-state index in [4.69, 9.17) is 0 Å². The zero-order valence-electron chi connectivity index (χ0n) is 17.4. The van der Waals surface area contributed by atoms with Crippen LogP contribution < -0.4 is 16.0 Å². The van der Waals surface area contributed by atoms with Crippen molar-refractivity contribution >= 4 is 35.8 Å². The minimum Gasteiger partial charge on any atom is -0.370 e. The number of aryl methyl sites for hydroxylation is 3. The van der Waals surface area contributed by atoms with Gasteiger partial charge in [-0.2, -0.15) is 18.3 Å². The van der Waals surface area contributed by atoms with Gasteiger partial charge in [0.15, 0.2) is 5.96 Å². The van der Waals surface area contributed by atoms with Crippen molar-refractivity contribution < 1.29 is 13.2 Å². The number of hydrogen-bond donors (Lipinski definition) is 3. The molecule has 2 rings (SSSR count). The number of anilines is 1. The minimum atomic E-state index is -4.37. The lowest BCUT2D eigenvalue weighted by Crippen LogP contribution is -2.38. The maximum atomic E-state index is 12.5. The second-order valence-corrected chi connectivity index (χ2v) is 6.64. The van der Waals surface area contributed by atoms with Gasteiger partial charge in [-0.1, -0.05) is 0 Å². The molecule has 11 heteroatoms. The van der Waals surface area contributed by atoms with Gasteiger partial charge in [0.05, 0.1) is 11.3 Å². The van der Waals surface area contributed by atoms with Gasteiger partial charge in [0.2, 0.25) is 0 Å². The van der Waals surface area contributed by atoms with Gasteiger partial charge in [-0.25, -0.2) is 4.98 Å². The standard InChI is InChI=1S/C19H28F3N7.HI/c1-14-12-15(2)29(28-14)11-5-10-26-18(23-3)25-9-4-8-24-17-7-6-16(13-27-17)19(20,21)22;/h6-7,12-13H,4-5,8-11H2,1-3H3,(H,24,27)(H2,23,25,26);1H. The van der Waals surface area contributed by atoms with E-state index in [0.29, 0.717) is 24.9 Å². The number of halogens is 4. The lowest BCUT2D eigenvalue weighted by atomic mass is 10.3. The van der Waals surface area contributed by atoms with Crippen LogP contribution in [0.1, 0.15) is 29.8 Å². The van der Waals surface area contributed by atoms with Gasteiger partial charge in [0, 0.05) is 45.1 Å². The molecule has 0 aliphatic heterocycles. The summed E-state index contributed by atoms with van der Waals surface area (Å²) in [7, 11) is 1.71. The van der Waals surface area contributed by atoms with E-state index in [1.165, 1.54) is 6.07 Å². The third kappa shape index (κ3) is 8.76. The van der Waals surface area contributed by atoms with Crippen molar-refractivity contribution in [3.8, 4) is 0 Å². The number of aliphatic imine (C=N–C) groups is 1. The van der Waals surface area contributed by atoms with E-state index in [9.17, 15) is 13.2 Å². The predicted molar refractivity (Wildman–Crippen MR) is 123 cm³/mol. The monoisotopic (exact) mass is 539 g/mol. The highest BCUT2D eigenvalue weighted by Crippen LogP contribution is 2.28. The molecule has 2 aromatic rings. The first-order valence-electron chi connectivity index (χ1n) is 9.52. The fourth-order valence-electron chi connectivity index (χ4n) is 2.74. The molecule has 0 bridgehead atoms. The Morgan fingerprint density at radius 2 is 1.80 bits per heavy atom. The lowest BCUT2D eigenvalue weighted by Gasteiger charge is -2.13. The van der Waals surface area contributed by atoms with Gasteiger partial charge < -0.3 is 16.0 Å². The highest BCUT2D eigenvalue weighted by atomic mass is 127. The zero-order chi connectivity index (χ0) is 21.3. The Kier molecular flexibility index (Phi) is 10.9.